The predicted octanol–water partition coefficient (Wildman–Crippen LogP) is 2.17. The molecule has 0 N–H and O–H groups in total. The fourth-order valence-electron chi connectivity index (χ4n) is 2.19. The molecule has 0 aromatic rings. The quantitative estimate of drug-likeness (QED) is 0.521. The summed E-state index contributed by atoms with van der Waals surface area (Å²) in [5, 5.41) is 10.2. The Kier molecular flexibility index (Phi) is 4.88. The van der Waals surface area contributed by atoms with E-state index in [-0.39, 0.29) is 5.60 Å². The van der Waals surface area contributed by atoms with Gasteiger partial charge < -0.3 is 14.8 Å². The van der Waals surface area contributed by atoms with Gasteiger partial charge in [0.25, 0.3) is 6.16 Å². The Hall–Kier alpha value is -0.770. The van der Waals surface area contributed by atoms with Gasteiger partial charge in [-0.25, -0.2) is 4.89 Å². The SMILES string of the molecule is CCCCC1(OOC(=O)[O-])CCCCC1. The summed E-state index contributed by atoms with van der Waals surface area (Å²) in [5.74, 6) is 0. The van der Waals surface area contributed by atoms with Crippen LogP contribution in [-0.2, 0) is 9.78 Å². The molecule has 0 aliphatic heterocycles. The molecule has 0 radical (unpaired) electrons. The highest BCUT2D eigenvalue weighted by Gasteiger charge is 2.33. The van der Waals surface area contributed by atoms with Gasteiger partial charge in [-0.1, -0.05) is 39.0 Å². The maximum absolute atomic E-state index is 10.2. The molecule has 0 spiro atoms. The highest BCUT2D eigenvalue weighted by Crippen LogP contribution is 2.35. The summed E-state index contributed by atoms with van der Waals surface area (Å²) in [5.41, 5.74) is -0.381. The van der Waals surface area contributed by atoms with Gasteiger partial charge in [-0.3, -0.25) is 0 Å². The molecule has 1 aliphatic rings. The topological polar surface area (TPSA) is 58.6 Å². The zero-order valence-electron chi connectivity index (χ0n) is 9.29. The Morgan fingerprint density at radius 1 is 1.33 bits per heavy atom. The standard InChI is InChI=1S/C11H20O4/c1-2-3-7-11(15-14-10(12)13)8-5-4-6-9-11/h2-9H2,1H3,(H,12,13)/p-1. The largest absolute Gasteiger partial charge is 0.424 e. The van der Waals surface area contributed by atoms with Crippen molar-refractivity contribution in [1.29, 1.82) is 0 Å². The summed E-state index contributed by atoms with van der Waals surface area (Å²) in [6, 6.07) is 0. The van der Waals surface area contributed by atoms with Crippen molar-refractivity contribution in [1.82, 2.24) is 0 Å². The second-order valence-corrected chi connectivity index (χ2v) is 4.26. The van der Waals surface area contributed by atoms with Crippen LogP contribution in [0.1, 0.15) is 58.3 Å². The minimum atomic E-state index is -1.60. The van der Waals surface area contributed by atoms with E-state index in [4.69, 9.17) is 4.89 Å². The van der Waals surface area contributed by atoms with Gasteiger partial charge in [-0.2, -0.15) is 0 Å². The molecule has 88 valence electrons. The normalized spacial score (nSPS) is 19.8. The Labute approximate surface area is 90.5 Å². The van der Waals surface area contributed by atoms with E-state index in [1.165, 1.54) is 6.42 Å². The summed E-state index contributed by atoms with van der Waals surface area (Å²) < 4.78 is 0. The van der Waals surface area contributed by atoms with Gasteiger partial charge in [0.2, 0.25) is 0 Å². The van der Waals surface area contributed by atoms with Crippen LogP contribution >= 0.6 is 0 Å². The zero-order chi connectivity index (χ0) is 11.1. The number of carbonyl (C=O) groups is 1. The molecule has 0 aromatic carbocycles. The Balaban J connectivity index is 2.45. The van der Waals surface area contributed by atoms with E-state index in [0.717, 1.165) is 44.9 Å². The van der Waals surface area contributed by atoms with Crippen molar-refractivity contribution in [3.05, 3.63) is 0 Å². The fraction of sp³-hybridized carbons (Fsp3) is 0.909. The lowest BCUT2D eigenvalue weighted by Gasteiger charge is -2.37. The second-order valence-electron chi connectivity index (χ2n) is 4.26. The number of hydrogen-bond donors (Lipinski definition) is 0. The van der Waals surface area contributed by atoms with E-state index >= 15 is 0 Å². The number of rotatable bonds is 5. The molecule has 4 nitrogen and oxygen atoms in total. The van der Waals surface area contributed by atoms with Crippen LogP contribution in [0.2, 0.25) is 0 Å². The van der Waals surface area contributed by atoms with E-state index in [0.29, 0.717) is 0 Å². The van der Waals surface area contributed by atoms with Crippen LogP contribution in [0, 0.1) is 0 Å². The number of carboxylic acid groups (broad SMARTS) is 1. The van der Waals surface area contributed by atoms with Crippen molar-refractivity contribution < 1.29 is 19.7 Å². The van der Waals surface area contributed by atoms with Gasteiger partial charge in [-0.15, -0.1) is 0 Å². The Morgan fingerprint density at radius 2 is 2.00 bits per heavy atom. The Morgan fingerprint density at radius 3 is 2.53 bits per heavy atom. The highest BCUT2D eigenvalue weighted by molar-refractivity contribution is 5.53. The molecule has 1 fully saturated rings. The highest BCUT2D eigenvalue weighted by atomic mass is 17.2. The van der Waals surface area contributed by atoms with Gasteiger partial charge in [-0.05, 0) is 19.3 Å². The number of unbranched alkanes of at least 4 members (excludes halogenated alkanes) is 1. The maximum atomic E-state index is 10.2. The molecule has 0 saturated heterocycles. The van der Waals surface area contributed by atoms with Crippen molar-refractivity contribution in [2.45, 2.75) is 63.9 Å². The second kappa shape index (κ2) is 5.95. The molecule has 0 amide bonds. The average molecular weight is 215 g/mol. The first kappa shape index (κ1) is 12.3. The fourth-order valence-corrected chi connectivity index (χ4v) is 2.19. The van der Waals surface area contributed by atoms with E-state index in [2.05, 4.69) is 11.8 Å². The van der Waals surface area contributed by atoms with Crippen LogP contribution in [0.5, 0.6) is 0 Å². The van der Waals surface area contributed by atoms with Gasteiger partial charge in [0, 0.05) is 0 Å². The van der Waals surface area contributed by atoms with Gasteiger partial charge in [0.1, 0.15) is 0 Å². The van der Waals surface area contributed by atoms with E-state index in [1.54, 1.807) is 0 Å². The summed E-state index contributed by atoms with van der Waals surface area (Å²) in [7, 11) is 0. The van der Waals surface area contributed by atoms with Crippen molar-refractivity contribution in [3.63, 3.8) is 0 Å². The minimum absolute atomic E-state index is 0.381. The van der Waals surface area contributed by atoms with Crippen LogP contribution in [0.3, 0.4) is 0 Å². The summed E-state index contributed by atoms with van der Waals surface area (Å²) in [6.07, 6.45) is 6.53. The minimum Gasteiger partial charge on any atom is -0.424 e. The van der Waals surface area contributed by atoms with E-state index in [9.17, 15) is 9.90 Å². The van der Waals surface area contributed by atoms with Crippen molar-refractivity contribution >= 4 is 6.16 Å². The molecule has 0 aromatic heterocycles. The third kappa shape index (κ3) is 4.08. The lowest BCUT2D eigenvalue weighted by atomic mass is 9.81. The van der Waals surface area contributed by atoms with Crippen LogP contribution in [-0.4, -0.2) is 11.8 Å². The number of hydrogen-bond acceptors (Lipinski definition) is 4. The molecule has 0 bridgehead atoms. The third-order valence-electron chi connectivity index (χ3n) is 3.04. The molecule has 1 saturated carbocycles. The summed E-state index contributed by atoms with van der Waals surface area (Å²) in [4.78, 5) is 19.5. The lowest BCUT2D eigenvalue weighted by molar-refractivity contribution is -0.398. The van der Waals surface area contributed by atoms with Crippen LogP contribution in [0.25, 0.3) is 0 Å². The van der Waals surface area contributed by atoms with Crippen molar-refractivity contribution in [2.75, 3.05) is 0 Å². The Bertz CT molecular complexity index is 197. The average Bonchev–Trinajstić information content (AvgIpc) is 2.25. The lowest BCUT2D eigenvalue weighted by Crippen LogP contribution is -2.38. The smallest absolute Gasteiger partial charge is 0.278 e. The van der Waals surface area contributed by atoms with Crippen molar-refractivity contribution in [2.24, 2.45) is 0 Å². The summed E-state index contributed by atoms with van der Waals surface area (Å²) >= 11 is 0. The first-order valence-corrected chi connectivity index (χ1v) is 5.75. The summed E-state index contributed by atoms with van der Waals surface area (Å²) in [6.45, 7) is 2.11. The van der Waals surface area contributed by atoms with Crippen LogP contribution < -0.4 is 5.11 Å². The molecular formula is C11H19O4-. The predicted molar refractivity (Wildman–Crippen MR) is 52.9 cm³/mol. The number of carbonyl (C=O) groups excluding carboxylic acids is 1. The molecule has 1 rings (SSSR count). The molecule has 0 unspecified atom stereocenters. The molecule has 0 atom stereocenters. The molecular weight excluding hydrogens is 196 g/mol. The van der Waals surface area contributed by atoms with Crippen LogP contribution in [0.4, 0.5) is 4.79 Å². The van der Waals surface area contributed by atoms with Gasteiger partial charge in [0.15, 0.2) is 0 Å². The van der Waals surface area contributed by atoms with Gasteiger partial charge in [0.05, 0.1) is 5.60 Å². The third-order valence-corrected chi connectivity index (χ3v) is 3.04. The maximum Gasteiger partial charge on any atom is 0.278 e. The zero-order valence-corrected chi connectivity index (χ0v) is 9.29. The molecule has 4 heteroatoms. The van der Waals surface area contributed by atoms with E-state index in [1.807, 2.05) is 0 Å². The first-order valence-electron chi connectivity index (χ1n) is 5.75. The molecule has 15 heavy (non-hydrogen) atoms. The van der Waals surface area contributed by atoms with Crippen molar-refractivity contribution in [3.8, 4) is 0 Å². The van der Waals surface area contributed by atoms with E-state index < -0.39 is 6.16 Å². The monoisotopic (exact) mass is 215 g/mol. The first-order chi connectivity index (χ1) is 7.18. The molecule has 1 aliphatic carbocycles. The van der Waals surface area contributed by atoms with Crippen LogP contribution in [0.15, 0.2) is 0 Å². The van der Waals surface area contributed by atoms with Gasteiger partial charge >= 0.3 is 0 Å². The molecule has 0 heterocycles.